The number of nitrogens with two attached hydrogens (primary N) is 1. The summed E-state index contributed by atoms with van der Waals surface area (Å²) in [5.74, 6) is 0.539. The molecule has 2 aromatic heterocycles. The van der Waals surface area contributed by atoms with Gasteiger partial charge in [-0.25, -0.2) is 4.98 Å². The van der Waals surface area contributed by atoms with Crippen molar-refractivity contribution in [3.8, 4) is 0 Å². The first-order valence-corrected chi connectivity index (χ1v) is 4.73. The fourth-order valence-corrected chi connectivity index (χ4v) is 1.91. The minimum Gasteiger partial charge on any atom is -0.383 e. The molecule has 1 aromatic carbocycles. The van der Waals surface area contributed by atoms with E-state index in [0.717, 1.165) is 21.8 Å². The topological polar surface area (TPSA) is 56.7 Å². The van der Waals surface area contributed by atoms with E-state index in [-0.39, 0.29) is 0 Å². The van der Waals surface area contributed by atoms with Gasteiger partial charge in [-0.1, -0.05) is 18.2 Å². The van der Waals surface area contributed by atoms with E-state index in [4.69, 9.17) is 5.73 Å². The highest BCUT2D eigenvalue weighted by Gasteiger charge is 2.08. The van der Waals surface area contributed by atoms with Crippen molar-refractivity contribution in [2.24, 2.45) is 7.05 Å². The van der Waals surface area contributed by atoms with Crippen LogP contribution in [0, 0.1) is 0 Å². The Hall–Kier alpha value is -2.10. The van der Waals surface area contributed by atoms with Gasteiger partial charge in [0.25, 0.3) is 0 Å². The van der Waals surface area contributed by atoms with E-state index < -0.39 is 0 Å². The predicted octanol–water partition coefficient (Wildman–Crippen LogP) is 1.70. The molecule has 0 saturated heterocycles. The summed E-state index contributed by atoms with van der Waals surface area (Å²) < 4.78 is 1.83. The molecule has 0 spiro atoms. The second-order valence-electron chi connectivity index (χ2n) is 3.54. The van der Waals surface area contributed by atoms with E-state index in [1.54, 1.807) is 6.20 Å². The van der Waals surface area contributed by atoms with Crippen molar-refractivity contribution in [1.82, 2.24) is 14.8 Å². The van der Waals surface area contributed by atoms with Crippen LogP contribution in [0.15, 0.2) is 30.5 Å². The van der Waals surface area contributed by atoms with Gasteiger partial charge in [-0.05, 0) is 6.07 Å². The Kier molecular flexibility index (Phi) is 1.48. The van der Waals surface area contributed by atoms with Crippen LogP contribution >= 0.6 is 0 Å². The van der Waals surface area contributed by atoms with Crippen LogP contribution in [-0.4, -0.2) is 14.8 Å². The maximum absolute atomic E-state index is 5.87. The van der Waals surface area contributed by atoms with E-state index in [2.05, 4.69) is 10.1 Å². The molecule has 0 amide bonds. The third-order valence-electron chi connectivity index (χ3n) is 2.61. The Morgan fingerprint density at radius 2 is 2.00 bits per heavy atom. The van der Waals surface area contributed by atoms with Crippen molar-refractivity contribution in [3.63, 3.8) is 0 Å². The molecule has 0 radical (unpaired) electrons. The highest BCUT2D eigenvalue weighted by atomic mass is 15.3. The summed E-state index contributed by atoms with van der Waals surface area (Å²) in [6.45, 7) is 0. The third-order valence-corrected chi connectivity index (χ3v) is 2.61. The Morgan fingerprint density at radius 3 is 2.87 bits per heavy atom. The molecule has 2 N–H and O–H groups in total. The van der Waals surface area contributed by atoms with Gasteiger partial charge in [-0.15, -0.1) is 0 Å². The van der Waals surface area contributed by atoms with E-state index in [9.17, 15) is 0 Å². The average Bonchev–Trinajstić information content (AvgIpc) is 2.62. The summed E-state index contributed by atoms with van der Waals surface area (Å²) in [5.41, 5.74) is 7.82. The number of aryl methyl sites for hydroxylation is 1. The Labute approximate surface area is 86.3 Å². The van der Waals surface area contributed by atoms with Gasteiger partial charge in [0.1, 0.15) is 5.82 Å². The maximum Gasteiger partial charge on any atom is 0.135 e. The summed E-state index contributed by atoms with van der Waals surface area (Å²) >= 11 is 0. The Balaban J connectivity index is 2.67. The second kappa shape index (κ2) is 2.70. The van der Waals surface area contributed by atoms with Gasteiger partial charge < -0.3 is 5.73 Å². The number of aromatic nitrogens is 3. The van der Waals surface area contributed by atoms with Gasteiger partial charge >= 0.3 is 0 Å². The van der Waals surface area contributed by atoms with Crippen LogP contribution in [-0.2, 0) is 7.05 Å². The summed E-state index contributed by atoms with van der Waals surface area (Å²) in [7, 11) is 1.91. The molecule has 3 aromatic rings. The lowest BCUT2D eigenvalue weighted by Crippen LogP contribution is -1.95. The number of pyridine rings is 1. The van der Waals surface area contributed by atoms with E-state index in [1.165, 1.54) is 0 Å². The number of fused-ring (bicyclic) bond motifs is 3. The third kappa shape index (κ3) is 1.01. The van der Waals surface area contributed by atoms with Gasteiger partial charge in [-0.2, -0.15) is 5.10 Å². The minimum absolute atomic E-state index is 0.539. The molecule has 4 heteroatoms. The molecule has 0 bridgehead atoms. The first-order chi connectivity index (χ1) is 7.27. The van der Waals surface area contributed by atoms with Crippen LogP contribution in [0.4, 0.5) is 5.82 Å². The Morgan fingerprint density at radius 1 is 1.20 bits per heavy atom. The van der Waals surface area contributed by atoms with Crippen molar-refractivity contribution in [2.75, 3.05) is 5.73 Å². The quantitative estimate of drug-likeness (QED) is 0.598. The summed E-state index contributed by atoms with van der Waals surface area (Å²) in [6, 6.07) is 7.94. The summed E-state index contributed by atoms with van der Waals surface area (Å²) in [4.78, 5) is 4.34. The van der Waals surface area contributed by atoms with Crippen molar-refractivity contribution in [3.05, 3.63) is 30.5 Å². The fraction of sp³-hybridized carbons (Fsp3) is 0.0909. The molecule has 3 rings (SSSR count). The fourth-order valence-electron chi connectivity index (χ4n) is 1.91. The van der Waals surface area contributed by atoms with E-state index >= 15 is 0 Å². The summed E-state index contributed by atoms with van der Waals surface area (Å²) in [5, 5.41) is 6.20. The van der Waals surface area contributed by atoms with Gasteiger partial charge in [-0.3, -0.25) is 4.68 Å². The standard InChI is InChI=1S/C11H10N4/c1-15-10-7-4-2-3-5-9(7)14-11(12)8(10)6-13-15/h2-6H,1H3,(H2,12,14). The molecule has 0 aliphatic rings. The van der Waals surface area contributed by atoms with Crippen molar-refractivity contribution >= 4 is 27.6 Å². The number of nitrogen functional groups attached to an aromatic ring is 1. The van der Waals surface area contributed by atoms with Crippen LogP contribution in [0.5, 0.6) is 0 Å². The number of rotatable bonds is 0. The molecular weight excluding hydrogens is 188 g/mol. The minimum atomic E-state index is 0.539. The summed E-state index contributed by atoms with van der Waals surface area (Å²) in [6.07, 6.45) is 1.75. The lowest BCUT2D eigenvalue weighted by atomic mass is 10.1. The Bertz CT molecular complexity index is 654. The largest absolute Gasteiger partial charge is 0.383 e. The molecule has 4 nitrogen and oxygen atoms in total. The van der Waals surface area contributed by atoms with Crippen LogP contribution in [0.25, 0.3) is 21.8 Å². The van der Waals surface area contributed by atoms with Gasteiger partial charge in [0.15, 0.2) is 0 Å². The normalized spacial score (nSPS) is 11.3. The molecule has 0 aliphatic carbocycles. The molecule has 74 valence electrons. The second-order valence-corrected chi connectivity index (χ2v) is 3.54. The molecule has 2 heterocycles. The number of hydrogen-bond donors (Lipinski definition) is 1. The van der Waals surface area contributed by atoms with Crippen LogP contribution < -0.4 is 5.73 Å². The molecule has 0 unspecified atom stereocenters. The van der Waals surface area contributed by atoms with Crippen molar-refractivity contribution in [2.45, 2.75) is 0 Å². The first-order valence-electron chi connectivity index (χ1n) is 4.73. The molecule has 15 heavy (non-hydrogen) atoms. The highest BCUT2D eigenvalue weighted by Crippen LogP contribution is 2.26. The van der Waals surface area contributed by atoms with E-state index in [0.29, 0.717) is 5.82 Å². The molecule has 0 aliphatic heterocycles. The van der Waals surface area contributed by atoms with Crippen LogP contribution in [0.2, 0.25) is 0 Å². The highest BCUT2D eigenvalue weighted by molar-refractivity contribution is 6.07. The molecule has 0 saturated carbocycles. The van der Waals surface area contributed by atoms with Gasteiger partial charge in [0.2, 0.25) is 0 Å². The van der Waals surface area contributed by atoms with Gasteiger partial charge in [0, 0.05) is 12.4 Å². The number of benzene rings is 1. The van der Waals surface area contributed by atoms with Gasteiger partial charge in [0.05, 0.1) is 22.6 Å². The van der Waals surface area contributed by atoms with Crippen molar-refractivity contribution in [1.29, 1.82) is 0 Å². The molecular formula is C11H10N4. The number of nitrogens with zero attached hydrogens (tertiary/aromatic N) is 3. The predicted molar refractivity (Wildman–Crippen MR) is 60.4 cm³/mol. The monoisotopic (exact) mass is 198 g/mol. The number of hydrogen-bond acceptors (Lipinski definition) is 3. The molecule has 0 fully saturated rings. The average molecular weight is 198 g/mol. The number of anilines is 1. The van der Waals surface area contributed by atoms with E-state index in [1.807, 2.05) is 36.0 Å². The number of para-hydroxylation sites is 1. The van der Waals surface area contributed by atoms with Crippen LogP contribution in [0.1, 0.15) is 0 Å². The SMILES string of the molecule is Cn1ncc2c(N)nc3ccccc3c21. The zero-order chi connectivity index (χ0) is 10.4. The lowest BCUT2D eigenvalue weighted by Gasteiger charge is -2.02. The molecule has 0 atom stereocenters. The first kappa shape index (κ1) is 8.23. The van der Waals surface area contributed by atoms with Crippen molar-refractivity contribution < 1.29 is 0 Å². The lowest BCUT2D eigenvalue weighted by molar-refractivity contribution is 0.799. The van der Waals surface area contributed by atoms with Crippen LogP contribution in [0.3, 0.4) is 0 Å². The zero-order valence-corrected chi connectivity index (χ0v) is 8.31. The smallest absolute Gasteiger partial charge is 0.135 e. The maximum atomic E-state index is 5.87. The zero-order valence-electron chi connectivity index (χ0n) is 8.31.